The normalized spacial score (nSPS) is 12.5. The highest BCUT2D eigenvalue weighted by Gasteiger charge is 2.30. The van der Waals surface area contributed by atoms with Gasteiger partial charge in [0.1, 0.15) is 16.4 Å². The molecule has 0 spiro atoms. The molecule has 32 heavy (non-hydrogen) atoms. The number of hydrogen-bond acceptors (Lipinski definition) is 11. The van der Waals surface area contributed by atoms with Crippen LogP contribution in [0.4, 0.5) is 16.4 Å². The quantitative estimate of drug-likeness (QED) is 0.291. The average molecular weight is 463 g/mol. The van der Waals surface area contributed by atoms with Crippen LogP contribution in [0, 0.1) is 17.0 Å². The number of methoxy groups -OCH3 is 2. The van der Waals surface area contributed by atoms with Crippen LogP contribution >= 0.6 is 11.3 Å². The number of fused-ring (bicyclic) bond motifs is 1. The van der Waals surface area contributed by atoms with Gasteiger partial charge in [0.15, 0.2) is 5.75 Å². The largest absolute Gasteiger partial charge is 0.465 e. The van der Waals surface area contributed by atoms with E-state index in [2.05, 4.69) is 5.32 Å². The highest BCUT2D eigenvalue weighted by molar-refractivity contribution is 7.18. The summed E-state index contributed by atoms with van der Waals surface area (Å²) >= 11 is 0.852. The van der Waals surface area contributed by atoms with Gasteiger partial charge in [0.05, 0.1) is 43.0 Å². The zero-order valence-electron chi connectivity index (χ0n) is 17.1. The van der Waals surface area contributed by atoms with Crippen LogP contribution in [-0.4, -0.2) is 56.0 Å². The van der Waals surface area contributed by atoms with Crippen molar-refractivity contribution in [3.05, 3.63) is 44.3 Å². The molecular formula is C19H17N3O9S. The summed E-state index contributed by atoms with van der Waals surface area (Å²) in [6.45, 7) is 0.929. The van der Waals surface area contributed by atoms with Crippen molar-refractivity contribution in [3.63, 3.8) is 0 Å². The summed E-state index contributed by atoms with van der Waals surface area (Å²) in [6.07, 6.45) is 0. The Hall–Kier alpha value is -4.00. The number of ether oxygens (including phenoxy) is 3. The molecule has 2 heterocycles. The summed E-state index contributed by atoms with van der Waals surface area (Å²) in [5, 5.41) is 13.6. The van der Waals surface area contributed by atoms with Crippen molar-refractivity contribution in [2.24, 2.45) is 0 Å². The van der Waals surface area contributed by atoms with Gasteiger partial charge in [-0.15, -0.1) is 11.3 Å². The SMILES string of the molecule is COC(=O)c1sc(NC(=O)CN2CC(=O)Oc3cc([N+](=O)[O-])ccc32)c(C(=O)OC)c1C. The van der Waals surface area contributed by atoms with E-state index in [0.717, 1.165) is 24.5 Å². The fourth-order valence-corrected chi connectivity index (χ4v) is 4.20. The second-order valence-corrected chi connectivity index (χ2v) is 7.55. The van der Waals surface area contributed by atoms with Crippen LogP contribution in [0.1, 0.15) is 25.6 Å². The van der Waals surface area contributed by atoms with E-state index in [0.29, 0.717) is 11.3 Å². The molecule has 0 radical (unpaired) electrons. The van der Waals surface area contributed by atoms with Crippen molar-refractivity contribution in [1.82, 2.24) is 0 Å². The summed E-state index contributed by atoms with van der Waals surface area (Å²) in [5.41, 5.74) is 0.356. The molecule has 13 heteroatoms. The van der Waals surface area contributed by atoms with Crippen LogP contribution in [0.2, 0.25) is 0 Å². The predicted molar refractivity (Wildman–Crippen MR) is 111 cm³/mol. The molecule has 1 aromatic heterocycles. The molecule has 0 saturated carbocycles. The number of nitrogens with zero attached hydrogens (tertiary/aromatic N) is 2. The van der Waals surface area contributed by atoms with Gasteiger partial charge in [0.2, 0.25) is 5.91 Å². The molecule has 0 saturated heterocycles. The number of thiophene rings is 1. The van der Waals surface area contributed by atoms with E-state index in [1.807, 2.05) is 0 Å². The summed E-state index contributed by atoms with van der Waals surface area (Å²) in [4.78, 5) is 60.6. The van der Waals surface area contributed by atoms with Crippen molar-refractivity contribution >= 4 is 51.5 Å². The molecule has 0 atom stereocenters. The Morgan fingerprint density at radius 2 is 1.94 bits per heavy atom. The Morgan fingerprint density at radius 3 is 2.56 bits per heavy atom. The minimum atomic E-state index is -0.747. The van der Waals surface area contributed by atoms with E-state index in [1.54, 1.807) is 0 Å². The number of nitro benzene ring substituents is 1. The van der Waals surface area contributed by atoms with Gasteiger partial charge >= 0.3 is 17.9 Å². The molecule has 1 N–H and O–H groups in total. The molecule has 1 aromatic carbocycles. The number of rotatable bonds is 6. The van der Waals surface area contributed by atoms with Gasteiger partial charge in [-0.1, -0.05) is 0 Å². The second-order valence-electron chi connectivity index (χ2n) is 6.53. The van der Waals surface area contributed by atoms with Crippen LogP contribution in [0.15, 0.2) is 18.2 Å². The van der Waals surface area contributed by atoms with Crippen molar-refractivity contribution < 1.29 is 38.3 Å². The first-order valence-electron chi connectivity index (χ1n) is 9.00. The van der Waals surface area contributed by atoms with Gasteiger partial charge < -0.3 is 24.4 Å². The fourth-order valence-electron chi connectivity index (χ4n) is 3.07. The first-order chi connectivity index (χ1) is 15.2. The molecule has 1 aliphatic rings. The van der Waals surface area contributed by atoms with Crippen molar-refractivity contribution in [1.29, 1.82) is 0 Å². The Bertz CT molecular complexity index is 1140. The van der Waals surface area contributed by atoms with Crippen LogP contribution < -0.4 is 15.0 Å². The predicted octanol–water partition coefficient (Wildman–Crippen LogP) is 1.90. The van der Waals surface area contributed by atoms with E-state index >= 15 is 0 Å². The highest BCUT2D eigenvalue weighted by atomic mass is 32.1. The molecule has 1 amide bonds. The van der Waals surface area contributed by atoms with Gasteiger partial charge in [-0.3, -0.25) is 14.9 Å². The number of nitro groups is 1. The van der Waals surface area contributed by atoms with Crippen LogP contribution in [0.3, 0.4) is 0 Å². The summed E-state index contributed by atoms with van der Waals surface area (Å²) < 4.78 is 14.5. The molecule has 2 aromatic rings. The standard InChI is InChI=1S/C19H17N3O9S/c1-9-15(18(25)29-2)17(32-16(9)19(26)30-3)20-13(23)7-21-8-14(24)31-12-6-10(22(27)28)4-5-11(12)21/h4-6H,7-8H2,1-3H3,(H,20,23). The molecule has 0 unspecified atom stereocenters. The molecule has 0 fully saturated rings. The second kappa shape index (κ2) is 9.01. The van der Waals surface area contributed by atoms with E-state index in [4.69, 9.17) is 14.2 Å². The number of carbonyl (C=O) groups is 4. The number of non-ortho nitro benzene ring substituents is 1. The number of carbonyl (C=O) groups excluding carboxylic acids is 4. The number of esters is 3. The Balaban J connectivity index is 1.87. The lowest BCUT2D eigenvalue weighted by molar-refractivity contribution is -0.384. The third kappa shape index (κ3) is 4.37. The van der Waals surface area contributed by atoms with Gasteiger partial charge in [0.25, 0.3) is 5.69 Å². The third-order valence-electron chi connectivity index (χ3n) is 4.53. The van der Waals surface area contributed by atoms with Crippen LogP contribution in [0.5, 0.6) is 5.75 Å². The van der Waals surface area contributed by atoms with Crippen molar-refractivity contribution in [2.45, 2.75) is 6.92 Å². The van der Waals surface area contributed by atoms with Crippen molar-refractivity contribution in [2.75, 3.05) is 37.5 Å². The van der Waals surface area contributed by atoms with E-state index in [9.17, 15) is 29.3 Å². The summed E-state index contributed by atoms with van der Waals surface area (Å²) in [6, 6.07) is 3.69. The smallest absolute Gasteiger partial charge is 0.348 e. The monoisotopic (exact) mass is 463 g/mol. The number of benzene rings is 1. The maximum atomic E-state index is 12.7. The third-order valence-corrected chi connectivity index (χ3v) is 5.72. The van der Waals surface area contributed by atoms with Crippen LogP contribution in [0.25, 0.3) is 0 Å². The highest BCUT2D eigenvalue weighted by Crippen LogP contribution is 2.36. The molecule has 0 aliphatic carbocycles. The lowest BCUT2D eigenvalue weighted by Crippen LogP contribution is -2.41. The zero-order valence-corrected chi connectivity index (χ0v) is 17.9. The molecule has 0 bridgehead atoms. The fraction of sp³-hybridized carbons (Fsp3) is 0.263. The maximum absolute atomic E-state index is 12.7. The molecule has 168 valence electrons. The first-order valence-corrected chi connectivity index (χ1v) is 9.81. The lowest BCUT2D eigenvalue weighted by atomic mass is 10.1. The lowest BCUT2D eigenvalue weighted by Gasteiger charge is -2.28. The molecule has 1 aliphatic heterocycles. The number of hydrogen-bond donors (Lipinski definition) is 1. The number of nitrogens with one attached hydrogen (secondary N) is 1. The molecule has 3 rings (SSSR count). The maximum Gasteiger partial charge on any atom is 0.348 e. The average Bonchev–Trinajstić information content (AvgIpc) is 3.07. The topological polar surface area (TPSA) is 154 Å². The van der Waals surface area contributed by atoms with Gasteiger partial charge in [-0.25, -0.2) is 14.4 Å². The van der Waals surface area contributed by atoms with E-state index < -0.39 is 28.7 Å². The Morgan fingerprint density at radius 1 is 1.25 bits per heavy atom. The number of anilines is 2. The Labute approximate surface area is 184 Å². The van der Waals surface area contributed by atoms with Crippen LogP contribution in [-0.2, 0) is 19.1 Å². The van der Waals surface area contributed by atoms with Gasteiger partial charge in [-0.05, 0) is 18.6 Å². The van der Waals surface area contributed by atoms with E-state index in [-0.39, 0.29) is 40.0 Å². The minimum absolute atomic E-state index is 0.0142. The number of amides is 1. The summed E-state index contributed by atoms with van der Waals surface area (Å²) in [7, 11) is 2.35. The van der Waals surface area contributed by atoms with Crippen molar-refractivity contribution in [3.8, 4) is 5.75 Å². The zero-order chi connectivity index (χ0) is 23.6. The summed E-state index contributed by atoms with van der Waals surface area (Å²) in [5.74, 6) is -2.76. The van der Waals surface area contributed by atoms with Gasteiger partial charge in [-0.2, -0.15) is 0 Å². The Kier molecular flexibility index (Phi) is 6.39. The molecule has 12 nitrogen and oxygen atoms in total. The van der Waals surface area contributed by atoms with Gasteiger partial charge in [0, 0.05) is 6.07 Å². The minimum Gasteiger partial charge on any atom is -0.465 e. The van der Waals surface area contributed by atoms with E-state index in [1.165, 1.54) is 31.1 Å². The molecular weight excluding hydrogens is 446 g/mol. The first kappa shape index (κ1) is 22.7.